The average molecular weight is 426 g/mol. The number of para-hydroxylation sites is 2. The Labute approximate surface area is 181 Å². The smallest absolute Gasteiger partial charge is 0.242 e. The first-order chi connectivity index (χ1) is 14.4. The third-order valence-electron chi connectivity index (χ3n) is 4.55. The Hall–Kier alpha value is -2.80. The van der Waals surface area contributed by atoms with E-state index in [-0.39, 0.29) is 18.2 Å². The van der Waals surface area contributed by atoms with Gasteiger partial charge in [0.05, 0.1) is 18.5 Å². The fraction of sp³-hybridized carbons (Fsp3) is 0.348. The molecular weight excluding hydrogens is 398 g/mol. The lowest BCUT2D eigenvalue weighted by molar-refractivity contribution is -0.128. The number of hydrogen-bond acceptors (Lipinski definition) is 5. The molecule has 0 unspecified atom stereocenters. The van der Waals surface area contributed by atoms with Gasteiger partial charge < -0.3 is 10.1 Å². The predicted molar refractivity (Wildman–Crippen MR) is 122 cm³/mol. The molecule has 0 aromatic heterocycles. The van der Waals surface area contributed by atoms with Crippen molar-refractivity contribution in [2.75, 3.05) is 19.0 Å². The lowest BCUT2D eigenvalue weighted by atomic mass is 10.2. The number of methoxy groups -OCH3 is 1. The monoisotopic (exact) mass is 425 g/mol. The van der Waals surface area contributed by atoms with Crippen molar-refractivity contribution in [1.29, 1.82) is 0 Å². The van der Waals surface area contributed by atoms with E-state index in [1.165, 1.54) is 11.8 Å². The maximum atomic E-state index is 13.0. The van der Waals surface area contributed by atoms with Gasteiger partial charge in [-0.15, -0.1) is 0 Å². The van der Waals surface area contributed by atoms with Crippen LogP contribution in [0.15, 0.2) is 53.5 Å². The second-order valence-corrected chi connectivity index (χ2v) is 8.81. The summed E-state index contributed by atoms with van der Waals surface area (Å²) in [6.07, 6.45) is 0.0724. The van der Waals surface area contributed by atoms with Gasteiger partial charge in [-0.3, -0.25) is 14.5 Å². The van der Waals surface area contributed by atoms with Gasteiger partial charge in [-0.25, -0.2) is 4.99 Å². The molecule has 0 saturated carbocycles. The maximum absolute atomic E-state index is 13.0. The van der Waals surface area contributed by atoms with Crippen molar-refractivity contribution in [2.24, 2.45) is 10.9 Å². The topological polar surface area (TPSA) is 71.0 Å². The van der Waals surface area contributed by atoms with Gasteiger partial charge in [0.1, 0.15) is 11.0 Å². The van der Waals surface area contributed by atoms with Crippen LogP contribution < -0.4 is 10.1 Å². The van der Waals surface area contributed by atoms with Crippen LogP contribution in [-0.4, -0.2) is 40.8 Å². The number of hydrogen-bond donors (Lipinski definition) is 1. The zero-order valence-corrected chi connectivity index (χ0v) is 18.5. The highest BCUT2D eigenvalue weighted by molar-refractivity contribution is 8.15. The quantitative estimate of drug-likeness (QED) is 0.703. The van der Waals surface area contributed by atoms with Crippen molar-refractivity contribution < 1.29 is 14.3 Å². The minimum Gasteiger partial charge on any atom is -0.495 e. The molecule has 30 heavy (non-hydrogen) atoms. The van der Waals surface area contributed by atoms with Crippen LogP contribution in [0.25, 0.3) is 0 Å². The van der Waals surface area contributed by atoms with Gasteiger partial charge in [0.2, 0.25) is 11.8 Å². The minimum atomic E-state index is -0.498. The van der Waals surface area contributed by atoms with E-state index in [1.54, 1.807) is 24.1 Å². The molecule has 1 saturated heterocycles. The molecule has 0 radical (unpaired) electrons. The van der Waals surface area contributed by atoms with E-state index >= 15 is 0 Å². The van der Waals surface area contributed by atoms with Crippen molar-refractivity contribution in [3.8, 4) is 5.75 Å². The maximum Gasteiger partial charge on any atom is 0.242 e. The molecular formula is C23H27N3O3S. The summed E-state index contributed by atoms with van der Waals surface area (Å²) in [6.45, 7) is 6.70. The summed E-state index contributed by atoms with van der Waals surface area (Å²) in [6, 6.07) is 15.1. The van der Waals surface area contributed by atoms with Crippen molar-refractivity contribution in [1.82, 2.24) is 4.90 Å². The Morgan fingerprint density at radius 2 is 2.00 bits per heavy atom. The summed E-state index contributed by atoms with van der Waals surface area (Å²) < 4.78 is 5.28. The van der Waals surface area contributed by atoms with E-state index in [0.717, 1.165) is 11.3 Å². The van der Waals surface area contributed by atoms with Crippen molar-refractivity contribution >= 4 is 40.1 Å². The SMILES string of the molecule is COc1ccccc1NC(=O)C[C@@H]1SC(=Nc2cccc(C)c2)N(CC(C)C)C1=O. The second kappa shape index (κ2) is 9.80. The number of nitrogens with zero attached hydrogens (tertiary/aromatic N) is 2. The van der Waals surface area contributed by atoms with E-state index in [0.29, 0.717) is 29.1 Å². The molecule has 3 rings (SSSR count). The number of amides is 2. The third-order valence-corrected chi connectivity index (χ3v) is 5.72. The Balaban J connectivity index is 1.76. The molecule has 158 valence electrons. The zero-order valence-electron chi connectivity index (χ0n) is 17.7. The zero-order chi connectivity index (χ0) is 21.7. The number of nitrogens with one attached hydrogen (secondary N) is 1. The molecule has 1 aliphatic rings. The first-order valence-electron chi connectivity index (χ1n) is 9.93. The number of benzene rings is 2. The van der Waals surface area contributed by atoms with E-state index < -0.39 is 5.25 Å². The summed E-state index contributed by atoms with van der Waals surface area (Å²) in [5, 5.41) is 3.00. The molecule has 6 nitrogen and oxygen atoms in total. The van der Waals surface area contributed by atoms with E-state index in [9.17, 15) is 9.59 Å². The molecule has 2 aromatic carbocycles. The summed E-state index contributed by atoms with van der Waals surface area (Å²) in [5.41, 5.74) is 2.50. The normalized spacial score (nSPS) is 17.6. The minimum absolute atomic E-state index is 0.0724. The Bertz CT molecular complexity index is 958. The molecule has 2 aromatic rings. The van der Waals surface area contributed by atoms with Gasteiger partial charge in [0.25, 0.3) is 0 Å². The fourth-order valence-corrected chi connectivity index (χ4v) is 4.35. The summed E-state index contributed by atoms with van der Waals surface area (Å²) in [5.74, 6) is 0.569. The van der Waals surface area contributed by atoms with Crippen molar-refractivity contribution in [3.63, 3.8) is 0 Å². The average Bonchev–Trinajstić information content (AvgIpc) is 2.96. The molecule has 1 atom stereocenters. The molecule has 1 heterocycles. The van der Waals surface area contributed by atoms with Crippen molar-refractivity contribution in [2.45, 2.75) is 32.4 Å². The number of carbonyl (C=O) groups excluding carboxylic acids is 2. The van der Waals surface area contributed by atoms with E-state index in [2.05, 4.69) is 19.2 Å². The molecule has 2 amide bonds. The largest absolute Gasteiger partial charge is 0.495 e. The number of ether oxygens (including phenoxy) is 1. The van der Waals surface area contributed by atoms with Gasteiger partial charge in [-0.2, -0.15) is 0 Å². The van der Waals surface area contributed by atoms with Gasteiger partial charge in [-0.05, 0) is 42.7 Å². The Morgan fingerprint density at radius 3 is 2.70 bits per heavy atom. The summed E-state index contributed by atoms with van der Waals surface area (Å²) >= 11 is 1.35. The molecule has 0 bridgehead atoms. The van der Waals surface area contributed by atoms with Gasteiger partial charge >= 0.3 is 0 Å². The summed E-state index contributed by atoms with van der Waals surface area (Å²) in [7, 11) is 1.55. The highest BCUT2D eigenvalue weighted by Gasteiger charge is 2.39. The van der Waals surface area contributed by atoms with Gasteiger partial charge in [-0.1, -0.05) is 49.9 Å². The standard InChI is InChI=1S/C23H27N3O3S/c1-15(2)14-26-22(28)20(30-23(26)24-17-9-7-8-16(3)12-17)13-21(27)25-18-10-5-6-11-19(18)29-4/h5-12,15,20H,13-14H2,1-4H3,(H,25,27)/t20-/m0/s1. The fourth-order valence-electron chi connectivity index (χ4n) is 3.18. The lowest BCUT2D eigenvalue weighted by Gasteiger charge is -2.18. The highest BCUT2D eigenvalue weighted by Crippen LogP contribution is 2.33. The third kappa shape index (κ3) is 5.42. The van der Waals surface area contributed by atoms with Gasteiger partial charge in [0.15, 0.2) is 5.17 Å². The number of rotatable bonds is 7. The van der Waals surface area contributed by atoms with Crippen LogP contribution >= 0.6 is 11.8 Å². The van der Waals surface area contributed by atoms with Crippen LogP contribution in [0.4, 0.5) is 11.4 Å². The Kier molecular flexibility index (Phi) is 7.15. The van der Waals surface area contributed by atoms with Crippen LogP contribution in [0, 0.1) is 12.8 Å². The van der Waals surface area contributed by atoms with Gasteiger partial charge in [0, 0.05) is 13.0 Å². The van der Waals surface area contributed by atoms with E-state index in [4.69, 9.17) is 9.73 Å². The Morgan fingerprint density at radius 1 is 1.23 bits per heavy atom. The molecule has 1 fully saturated rings. The molecule has 1 aliphatic heterocycles. The predicted octanol–water partition coefficient (Wildman–Crippen LogP) is 4.62. The first-order valence-corrected chi connectivity index (χ1v) is 10.8. The molecule has 0 aliphatic carbocycles. The number of carbonyl (C=O) groups is 2. The van der Waals surface area contributed by atoms with Crippen LogP contribution in [0.1, 0.15) is 25.8 Å². The van der Waals surface area contributed by atoms with Crippen LogP contribution in [0.2, 0.25) is 0 Å². The van der Waals surface area contributed by atoms with Crippen LogP contribution in [0.5, 0.6) is 5.75 Å². The molecule has 0 spiro atoms. The summed E-state index contributed by atoms with van der Waals surface area (Å²) in [4.78, 5) is 32.1. The number of amidine groups is 1. The number of anilines is 1. The van der Waals surface area contributed by atoms with Crippen LogP contribution in [0.3, 0.4) is 0 Å². The number of aliphatic imine (C=N–C) groups is 1. The lowest BCUT2D eigenvalue weighted by Crippen LogP contribution is -2.36. The van der Waals surface area contributed by atoms with Crippen LogP contribution in [-0.2, 0) is 9.59 Å². The first kappa shape index (κ1) is 21.9. The molecule has 1 N–H and O–H groups in total. The van der Waals surface area contributed by atoms with E-state index in [1.807, 2.05) is 43.3 Å². The number of aryl methyl sites for hydroxylation is 1. The second-order valence-electron chi connectivity index (χ2n) is 7.64. The highest BCUT2D eigenvalue weighted by atomic mass is 32.2. The van der Waals surface area contributed by atoms with Crippen molar-refractivity contribution in [3.05, 3.63) is 54.1 Å². The molecule has 7 heteroatoms. The number of thioether (sulfide) groups is 1.